The molecule has 13 heavy (non-hydrogen) atoms. The van der Waals surface area contributed by atoms with Crippen LogP contribution in [0.2, 0.25) is 0 Å². The first kappa shape index (κ1) is 9.46. The smallest absolute Gasteiger partial charge is 0.169 e. The minimum atomic E-state index is 0.582. The summed E-state index contributed by atoms with van der Waals surface area (Å²) in [5.74, 6) is 0.676. The van der Waals surface area contributed by atoms with Gasteiger partial charge in [-0.25, -0.2) is 0 Å². The van der Waals surface area contributed by atoms with Gasteiger partial charge in [-0.05, 0) is 19.9 Å². The molecule has 0 bridgehead atoms. The van der Waals surface area contributed by atoms with Crippen LogP contribution in [0, 0.1) is 11.3 Å². The van der Waals surface area contributed by atoms with Gasteiger partial charge in [-0.3, -0.25) is 0 Å². The molecule has 0 atom stereocenters. The van der Waals surface area contributed by atoms with Crippen molar-refractivity contribution in [2.75, 3.05) is 18.0 Å². The lowest BCUT2D eigenvalue weighted by molar-refractivity contribution is 0.821. The van der Waals surface area contributed by atoms with Gasteiger partial charge in [0.25, 0.3) is 0 Å². The van der Waals surface area contributed by atoms with Crippen molar-refractivity contribution >= 4 is 5.82 Å². The molecule has 1 aromatic rings. The molecule has 1 rings (SSSR count). The summed E-state index contributed by atoms with van der Waals surface area (Å²) in [4.78, 5) is 2.01. The summed E-state index contributed by atoms with van der Waals surface area (Å²) < 4.78 is 0. The molecule has 0 spiro atoms. The maximum atomic E-state index is 8.81. The van der Waals surface area contributed by atoms with Gasteiger partial charge in [-0.1, -0.05) is 0 Å². The molecule has 0 amide bonds. The molecule has 68 valence electrons. The van der Waals surface area contributed by atoms with E-state index in [1.54, 1.807) is 6.07 Å². The maximum absolute atomic E-state index is 8.81. The third-order valence-electron chi connectivity index (χ3n) is 1.88. The van der Waals surface area contributed by atoms with E-state index in [0.717, 1.165) is 13.1 Å². The summed E-state index contributed by atoms with van der Waals surface area (Å²) >= 11 is 0. The lowest BCUT2D eigenvalue weighted by Crippen LogP contribution is -2.24. The second-order valence-electron chi connectivity index (χ2n) is 2.55. The zero-order valence-corrected chi connectivity index (χ0v) is 7.86. The number of aromatic nitrogens is 2. The highest BCUT2D eigenvalue weighted by molar-refractivity contribution is 5.52. The highest BCUT2D eigenvalue weighted by Crippen LogP contribution is 2.13. The van der Waals surface area contributed by atoms with Crippen LogP contribution in [-0.2, 0) is 0 Å². The van der Waals surface area contributed by atoms with Crippen molar-refractivity contribution in [2.45, 2.75) is 13.8 Å². The zero-order chi connectivity index (χ0) is 9.68. The Morgan fingerprint density at radius 3 is 2.69 bits per heavy atom. The van der Waals surface area contributed by atoms with E-state index in [1.165, 1.54) is 6.20 Å². The van der Waals surface area contributed by atoms with Crippen LogP contribution in [0.3, 0.4) is 0 Å². The Morgan fingerprint density at radius 1 is 1.46 bits per heavy atom. The van der Waals surface area contributed by atoms with Gasteiger partial charge in [-0.15, -0.1) is 5.10 Å². The molecule has 0 radical (unpaired) electrons. The van der Waals surface area contributed by atoms with Crippen molar-refractivity contribution in [3.8, 4) is 6.07 Å². The molecule has 0 N–H and O–H groups in total. The molecule has 0 aliphatic rings. The van der Waals surface area contributed by atoms with Crippen molar-refractivity contribution in [3.05, 3.63) is 17.8 Å². The summed E-state index contributed by atoms with van der Waals surface area (Å²) in [6.45, 7) is 5.73. The van der Waals surface area contributed by atoms with Gasteiger partial charge in [-0.2, -0.15) is 10.4 Å². The van der Waals surface area contributed by atoms with Crippen LogP contribution >= 0.6 is 0 Å². The average Bonchev–Trinajstić information content (AvgIpc) is 2.20. The average molecular weight is 176 g/mol. The van der Waals surface area contributed by atoms with Crippen molar-refractivity contribution < 1.29 is 0 Å². The molecule has 0 fully saturated rings. The first-order valence-electron chi connectivity index (χ1n) is 4.30. The van der Waals surface area contributed by atoms with Crippen LogP contribution in [0.15, 0.2) is 12.3 Å². The number of nitriles is 1. The Morgan fingerprint density at radius 2 is 2.15 bits per heavy atom. The molecule has 1 heterocycles. The lowest BCUT2D eigenvalue weighted by Gasteiger charge is -2.19. The summed E-state index contributed by atoms with van der Waals surface area (Å²) in [6.07, 6.45) is 1.53. The molecule has 0 aliphatic heterocycles. The molecule has 0 saturated carbocycles. The highest BCUT2D eigenvalue weighted by Gasteiger charge is 2.08. The van der Waals surface area contributed by atoms with Crippen LogP contribution in [0.25, 0.3) is 0 Å². The fourth-order valence-corrected chi connectivity index (χ4v) is 1.17. The number of nitrogens with zero attached hydrogens (tertiary/aromatic N) is 4. The standard InChI is InChI=1S/C9H12N4/c1-3-13(4-2)9-8(7-10)5-6-11-12-9/h5-6H,3-4H2,1-2H3. The van der Waals surface area contributed by atoms with Crippen molar-refractivity contribution in [1.29, 1.82) is 5.26 Å². The Balaban J connectivity index is 3.05. The van der Waals surface area contributed by atoms with E-state index >= 15 is 0 Å². The molecular weight excluding hydrogens is 164 g/mol. The predicted molar refractivity (Wildman–Crippen MR) is 50.3 cm³/mol. The molecule has 0 unspecified atom stereocenters. The number of rotatable bonds is 3. The van der Waals surface area contributed by atoms with Gasteiger partial charge >= 0.3 is 0 Å². The SMILES string of the molecule is CCN(CC)c1nnccc1C#N. The largest absolute Gasteiger partial charge is 0.355 e. The fourth-order valence-electron chi connectivity index (χ4n) is 1.17. The molecule has 0 saturated heterocycles. The monoisotopic (exact) mass is 176 g/mol. The Hall–Kier alpha value is -1.63. The lowest BCUT2D eigenvalue weighted by atomic mass is 10.3. The van der Waals surface area contributed by atoms with Crippen LogP contribution < -0.4 is 4.90 Å². The van der Waals surface area contributed by atoms with Gasteiger partial charge in [0.15, 0.2) is 5.82 Å². The van der Waals surface area contributed by atoms with E-state index in [2.05, 4.69) is 16.3 Å². The van der Waals surface area contributed by atoms with Crippen molar-refractivity contribution in [3.63, 3.8) is 0 Å². The molecule has 1 aromatic heterocycles. The third-order valence-corrected chi connectivity index (χ3v) is 1.88. The summed E-state index contributed by atoms with van der Waals surface area (Å²) in [5.41, 5.74) is 0.582. The van der Waals surface area contributed by atoms with Crippen molar-refractivity contribution in [2.24, 2.45) is 0 Å². The van der Waals surface area contributed by atoms with Gasteiger partial charge in [0.1, 0.15) is 6.07 Å². The topological polar surface area (TPSA) is 52.8 Å². The van der Waals surface area contributed by atoms with E-state index < -0.39 is 0 Å². The minimum absolute atomic E-state index is 0.582. The van der Waals surface area contributed by atoms with E-state index in [1.807, 2.05) is 18.7 Å². The number of anilines is 1. The van der Waals surface area contributed by atoms with E-state index in [-0.39, 0.29) is 0 Å². The molecular formula is C9H12N4. The summed E-state index contributed by atoms with van der Waals surface area (Å²) in [6, 6.07) is 3.78. The second-order valence-corrected chi connectivity index (χ2v) is 2.55. The number of hydrogen-bond donors (Lipinski definition) is 0. The van der Waals surface area contributed by atoms with Gasteiger partial charge in [0, 0.05) is 13.1 Å². The number of hydrogen-bond acceptors (Lipinski definition) is 4. The second kappa shape index (κ2) is 4.41. The Bertz CT molecular complexity index is 312. The fraction of sp³-hybridized carbons (Fsp3) is 0.444. The normalized spacial score (nSPS) is 9.31. The maximum Gasteiger partial charge on any atom is 0.169 e. The van der Waals surface area contributed by atoms with Crippen LogP contribution in [-0.4, -0.2) is 23.3 Å². The summed E-state index contributed by atoms with van der Waals surface area (Å²) in [5, 5.41) is 16.5. The summed E-state index contributed by atoms with van der Waals surface area (Å²) in [7, 11) is 0. The molecule has 0 aliphatic carbocycles. The first-order valence-corrected chi connectivity index (χ1v) is 4.30. The molecule has 4 nitrogen and oxygen atoms in total. The predicted octanol–water partition coefficient (Wildman–Crippen LogP) is 1.19. The molecule has 4 heteroatoms. The minimum Gasteiger partial charge on any atom is -0.355 e. The Labute approximate surface area is 77.8 Å². The van der Waals surface area contributed by atoms with Crippen molar-refractivity contribution in [1.82, 2.24) is 10.2 Å². The Kier molecular flexibility index (Phi) is 3.21. The zero-order valence-electron chi connectivity index (χ0n) is 7.86. The first-order chi connectivity index (χ1) is 6.33. The van der Waals surface area contributed by atoms with E-state index in [4.69, 9.17) is 5.26 Å². The van der Waals surface area contributed by atoms with Gasteiger partial charge < -0.3 is 4.90 Å². The highest BCUT2D eigenvalue weighted by atomic mass is 15.2. The third kappa shape index (κ3) is 1.94. The van der Waals surface area contributed by atoms with Gasteiger partial charge in [0.2, 0.25) is 0 Å². The van der Waals surface area contributed by atoms with Crippen LogP contribution in [0.4, 0.5) is 5.82 Å². The molecule has 0 aromatic carbocycles. The quantitative estimate of drug-likeness (QED) is 0.694. The van der Waals surface area contributed by atoms with E-state index in [0.29, 0.717) is 11.4 Å². The van der Waals surface area contributed by atoms with Crippen LogP contribution in [0.1, 0.15) is 19.4 Å². The van der Waals surface area contributed by atoms with Crippen LogP contribution in [0.5, 0.6) is 0 Å². The van der Waals surface area contributed by atoms with E-state index in [9.17, 15) is 0 Å². The van der Waals surface area contributed by atoms with Gasteiger partial charge in [0.05, 0.1) is 11.8 Å².